The Morgan fingerprint density at radius 3 is 2.83 bits per heavy atom. The summed E-state index contributed by atoms with van der Waals surface area (Å²) < 4.78 is 7.24. The lowest BCUT2D eigenvalue weighted by Crippen LogP contribution is -2.32. The van der Waals surface area contributed by atoms with Crippen molar-refractivity contribution in [3.63, 3.8) is 0 Å². The standard InChI is InChI=1S/C17H19N5O2/c1-22-15(18)13(17(23)19-9-10-5-4-8-24-10)14-16(22)21-12-7-3-2-6-11(12)20-14/h2-3,6-7,10H,4-5,8-9,18H2,1H3,(H,19,23). The number of rotatable bonds is 3. The number of nitrogens with zero attached hydrogens (tertiary/aromatic N) is 3. The van der Waals surface area contributed by atoms with Gasteiger partial charge in [0.15, 0.2) is 5.65 Å². The maximum absolute atomic E-state index is 12.7. The van der Waals surface area contributed by atoms with Gasteiger partial charge in [0, 0.05) is 20.2 Å². The Labute approximate surface area is 138 Å². The molecule has 24 heavy (non-hydrogen) atoms. The molecular weight excluding hydrogens is 306 g/mol. The smallest absolute Gasteiger partial charge is 0.257 e. The van der Waals surface area contributed by atoms with Gasteiger partial charge < -0.3 is 20.4 Å². The van der Waals surface area contributed by atoms with E-state index in [4.69, 9.17) is 10.5 Å². The molecule has 0 aliphatic carbocycles. The van der Waals surface area contributed by atoms with Gasteiger partial charge in [-0.3, -0.25) is 4.79 Å². The van der Waals surface area contributed by atoms with E-state index in [2.05, 4.69) is 15.3 Å². The summed E-state index contributed by atoms with van der Waals surface area (Å²) in [6.45, 7) is 1.24. The molecule has 3 heterocycles. The third-order valence-electron chi connectivity index (χ3n) is 4.47. The number of nitrogens with two attached hydrogens (primary N) is 1. The summed E-state index contributed by atoms with van der Waals surface area (Å²) in [6.07, 6.45) is 2.08. The predicted molar refractivity (Wildman–Crippen MR) is 91.7 cm³/mol. The highest BCUT2D eigenvalue weighted by atomic mass is 16.5. The van der Waals surface area contributed by atoms with Crippen LogP contribution in [0.5, 0.6) is 0 Å². The quantitative estimate of drug-likeness (QED) is 0.763. The van der Waals surface area contributed by atoms with E-state index >= 15 is 0 Å². The first kappa shape index (κ1) is 14.9. The molecule has 1 atom stereocenters. The Hall–Kier alpha value is -2.67. The lowest BCUT2D eigenvalue weighted by atomic mass is 10.2. The number of anilines is 1. The van der Waals surface area contributed by atoms with E-state index in [1.54, 1.807) is 11.6 Å². The normalized spacial score (nSPS) is 17.6. The van der Waals surface area contributed by atoms with Crippen LogP contribution in [-0.4, -0.2) is 39.7 Å². The highest BCUT2D eigenvalue weighted by Gasteiger charge is 2.24. The molecular formula is C17H19N5O2. The number of carbonyl (C=O) groups is 1. The molecule has 1 aliphatic heterocycles. The number of nitrogens with one attached hydrogen (secondary N) is 1. The summed E-state index contributed by atoms with van der Waals surface area (Å²) >= 11 is 0. The fourth-order valence-electron chi connectivity index (χ4n) is 3.12. The van der Waals surface area contributed by atoms with Gasteiger partial charge in [-0.1, -0.05) is 12.1 Å². The van der Waals surface area contributed by atoms with Crippen molar-refractivity contribution in [2.24, 2.45) is 7.05 Å². The number of aryl methyl sites for hydroxylation is 1. The predicted octanol–water partition coefficient (Wildman–Crippen LogP) is 1.61. The molecule has 1 aromatic carbocycles. The molecule has 2 aromatic heterocycles. The van der Waals surface area contributed by atoms with Gasteiger partial charge in [0.1, 0.15) is 16.9 Å². The second-order valence-corrected chi connectivity index (χ2v) is 6.05. The first-order valence-electron chi connectivity index (χ1n) is 8.05. The second kappa shape index (κ2) is 5.76. The molecule has 1 unspecified atom stereocenters. The van der Waals surface area contributed by atoms with Crippen molar-refractivity contribution < 1.29 is 9.53 Å². The van der Waals surface area contributed by atoms with Gasteiger partial charge in [-0.05, 0) is 25.0 Å². The highest BCUT2D eigenvalue weighted by molar-refractivity contribution is 6.10. The average molecular weight is 325 g/mol. The topological polar surface area (TPSA) is 95.1 Å². The number of ether oxygens (including phenoxy) is 1. The molecule has 3 N–H and O–H groups in total. The van der Waals surface area contributed by atoms with Gasteiger partial charge in [-0.25, -0.2) is 9.97 Å². The molecule has 1 fully saturated rings. The van der Waals surface area contributed by atoms with Crippen molar-refractivity contribution in [1.82, 2.24) is 19.9 Å². The zero-order valence-electron chi connectivity index (χ0n) is 13.5. The monoisotopic (exact) mass is 325 g/mol. The van der Waals surface area contributed by atoms with Crippen LogP contribution >= 0.6 is 0 Å². The van der Waals surface area contributed by atoms with Crippen molar-refractivity contribution in [2.45, 2.75) is 18.9 Å². The van der Waals surface area contributed by atoms with Gasteiger partial charge in [0.2, 0.25) is 0 Å². The number of para-hydroxylation sites is 2. The molecule has 1 saturated heterocycles. The van der Waals surface area contributed by atoms with Crippen molar-refractivity contribution >= 4 is 33.9 Å². The Morgan fingerprint density at radius 1 is 1.38 bits per heavy atom. The molecule has 3 aromatic rings. The lowest BCUT2D eigenvalue weighted by Gasteiger charge is -2.10. The van der Waals surface area contributed by atoms with Crippen LogP contribution < -0.4 is 11.1 Å². The van der Waals surface area contributed by atoms with Crippen molar-refractivity contribution in [2.75, 3.05) is 18.9 Å². The zero-order chi connectivity index (χ0) is 16.7. The van der Waals surface area contributed by atoms with E-state index in [0.29, 0.717) is 29.1 Å². The van der Waals surface area contributed by atoms with E-state index in [9.17, 15) is 4.79 Å². The van der Waals surface area contributed by atoms with E-state index in [1.807, 2.05) is 24.3 Å². The van der Waals surface area contributed by atoms with Crippen LogP contribution in [-0.2, 0) is 11.8 Å². The number of carbonyl (C=O) groups excluding carboxylic acids is 1. The number of fused-ring (bicyclic) bond motifs is 2. The summed E-state index contributed by atoms with van der Waals surface area (Å²) in [7, 11) is 1.79. The van der Waals surface area contributed by atoms with Gasteiger partial charge in [0.05, 0.1) is 17.1 Å². The largest absolute Gasteiger partial charge is 0.384 e. The second-order valence-electron chi connectivity index (χ2n) is 6.05. The van der Waals surface area contributed by atoms with Crippen LogP contribution in [0.15, 0.2) is 24.3 Å². The minimum atomic E-state index is -0.238. The van der Waals surface area contributed by atoms with Gasteiger partial charge in [-0.15, -0.1) is 0 Å². The summed E-state index contributed by atoms with van der Waals surface area (Å²) in [6, 6.07) is 7.57. The number of amides is 1. The van der Waals surface area contributed by atoms with E-state index < -0.39 is 0 Å². The van der Waals surface area contributed by atoms with Crippen LogP contribution in [0.4, 0.5) is 5.82 Å². The number of benzene rings is 1. The Kier molecular flexibility index (Phi) is 3.57. The first-order valence-corrected chi connectivity index (χ1v) is 8.05. The first-order chi connectivity index (χ1) is 11.6. The zero-order valence-corrected chi connectivity index (χ0v) is 13.5. The minimum Gasteiger partial charge on any atom is -0.384 e. The Morgan fingerprint density at radius 2 is 2.12 bits per heavy atom. The molecule has 124 valence electrons. The fourth-order valence-corrected chi connectivity index (χ4v) is 3.12. The Bertz CT molecular complexity index is 928. The Balaban J connectivity index is 1.74. The molecule has 1 aliphatic rings. The SMILES string of the molecule is Cn1c(N)c(C(=O)NCC2CCCO2)c2nc3ccccc3nc21. The van der Waals surface area contributed by atoms with Crippen LogP contribution in [0, 0.1) is 0 Å². The molecule has 0 spiro atoms. The van der Waals surface area contributed by atoms with Crippen LogP contribution in [0.25, 0.3) is 22.2 Å². The molecule has 7 heteroatoms. The number of hydrogen-bond donors (Lipinski definition) is 2. The maximum Gasteiger partial charge on any atom is 0.257 e. The molecule has 4 rings (SSSR count). The van der Waals surface area contributed by atoms with Crippen LogP contribution in [0.2, 0.25) is 0 Å². The molecule has 0 radical (unpaired) electrons. The summed E-state index contributed by atoms with van der Waals surface area (Å²) in [5.74, 6) is 0.128. The minimum absolute atomic E-state index is 0.0806. The third-order valence-corrected chi connectivity index (χ3v) is 4.47. The van der Waals surface area contributed by atoms with E-state index in [1.165, 1.54) is 0 Å². The fraction of sp³-hybridized carbons (Fsp3) is 0.353. The molecule has 7 nitrogen and oxygen atoms in total. The molecule has 1 amide bonds. The maximum atomic E-state index is 12.7. The summed E-state index contributed by atoms with van der Waals surface area (Å²) in [4.78, 5) is 21.9. The van der Waals surface area contributed by atoms with Gasteiger partial charge in [0.25, 0.3) is 5.91 Å². The van der Waals surface area contributed by atoms with E-state index in [0.717, 1.165) is 30.5 Å². The summed E-state index contributed by atoms with van der Waals surface area (Å²) in [5, 5.41) is 2.91. The number of hydrogen-bond acceptors (Lipinski definition) is 5. The number of aromatic nitrogens is 3. The molecule has 0 bridgehead atoms. The van der Waals surface area contributed by atoms with Gasteiger partial charge >= 0.3 is 0 Å². The lowest BCUT2D eigenvalue weighted by molar-refractivity contribution is 0.0859. The van der Waals surface area contributed by atoms with Crippen molar-refractivity contribution in [1.29, 1.82) is 0 Å². The number of nitrogen functional groups attached to an aromatic ring is 1. The van der Waals surface area contributed by atoms with Gasteiger partial charge in [-0.2, -0.15) is 0 Å². The summed E-state index contributed by atoms with van der Waals surface area (Å²) in [5.41, 5.74) is 9.18. The molecule has 0 saturated carbocycles. The third kappa shape index (κ3) is 2.37. The van der Waals surface area contributed by atoms with Crippen LogP contribution in [0.1, 0.15) is 23.2 Å². The highest BCUT2D eigenvalue weighted by Crippen LogP contribution is 2.26. The average Bonchev–Trinajstić information content (AvgIpc) is 3.19. The van der Waals surface area contributed by atoms with E-state index in [-0.39, 0.29) is 12.0 Å². The van der Waals surface area contributed by atoms with Crippen LogP contribution in [0.3, 0.4) is 0 Å². The van der Waals surface area contributed by atoms with Crippen molar-refractivity contribution in [3.8, 4) is 0 Å². The van der Waals surface area contributed by atoms with Crippen molar-refractivity contribution in [3.05, 3.63) is 29.8 Å².